The van der Waals surface area contributed by atoms with Gasteiger partial charge in [0.25, 0.3) is 0 Å². The molecular formula is C8H17NO5S. The van der Waals surface area contributed by atoms with Crippen LogP contribution in [0.1, 0.15) is 12.8 Å². The highest BCUT2D eigenvalue weighted by Gasteiger charge is 2.16. The largest absolute Gasteiger partial charge is 0.481 e. The number of nitrogens with zero attached hydrogens (tertiary/aromatic N) is 1. The van der Waals surface area contributed by atoms with Crippen molar-refractivity contribution in [3.63, 3.8) is 0 Å². The Bertz CT molecular complexity index is 287. The lowest BCUT2D eigenvalue weighted by Gasteiger charge is -2.16. The molecule has 90 valence electrons. The minimum atomic E-state index is -3.30. The molecule has 1 N–H and O–H groups in total. The van der Waals surface area contributed by atoms with E-state index >= 15 is 0 Å². The minimum absolute atomic E-state index is 0.0237. The number of ether oxygens (including phenoxy) is 1. The summed E-state index contributed by atoms with van der Waals surface area (Å²) in [5.74, 6) is -0.995. The van der Waals surface area contributed by atoms with E-state index in [1.54, 1.807) is 0 Å². The van der Waals surface area contributed by atoms with Crippen molar-refractivity contribution in [2.75, 3.05) is 33.1 Å². The van der Waals surface area contributed by atoms with Crippen molar-refractivity contribution in [2.24, 2.45) is 0 Å². The Kier molecular flexibility index (Phi) is 6.46. The summed E-state index contributed by atoms with van der Waals surface area (Å²) in [6.07, 6.45) is 0.294. The highest BCUT2D eigenvalue weighted by Crippen LogP contribution is 2.01. The van der Waals surface area contributed by atoms with Crippen molar-refractivity contribution < 1.29 is 23.1 Å². The van der Waals surface area contributed by atoms with Gasteiger partial charge in [-0.15, -0.1) is 0 Å². The van der Waals surface area contributed by atoms with Crippen LogP contribution in [0.5, 0.6) is 0 Å². The summed E-state index contributed by atoms with van der Waals surface area (Å²) < 4.78 is 28.8. The molecule has 15 heavy (non-hydrogen) atoms. The summed E-state index contributed by atoms with van der Waals surface area (Å²) in [6.45, 7) is 0.365. The molecule has 0 atom stereocenters. The van der Waals surface area contributed by atoms with Crippen molar-refractivity contribution in [3.8, 4) is 0 Å². The second kappa shape index (κ2) is 6.76. The van der Waals surface area contributed by atoms with Crippen LogP contribution in [0.2, 0.25) is 0 Å². The van der Waals surface area contributed by atoms with Crippen LogP contribution in [0.25, 0.3) is 0 Å². The first kappa shape index (κ1) is 14.3. The molecule has 0 aliphatic heterocycles. The molecule has 0 saturated carbocycles. The maximum Gasteiger partial charge on any atom is 0.303 e. The molecule has 0 heterocycles. The van der Waals surface area contributed by atoms with E-state index in [1.165, 1.54) is 14.2 Å². The van der Waals surface area contributed by atoms with Gasteiger partial charge in [-0.2, -0.15) is 0 Å². The maximum atomic E-state index is 11.5. The van der Waals surface area contributed by atoms with Crippen molar-refractivity contribution in [1.82, 2.24) is 4.31 Å². The van der Waals surface area contributed by atoms with Crippen molar-refractivity contribution >= 4 is 16.0 Å². The van der Waals surface area contributed by atoms with Gasteiger partial charge in [0.15, 0.2) is 0 Å². The monoisotopic (exact) mass is 239 g/mol. The van der Waals surface area contributed by atoms with Gasteiger partial charge < -0.3 is 9.84 Å². The molecule has 0 aromatic carbocycles. The summed E-state index contributed by atoms with van der Waals surface area (Å²) in [5, 5.41) is 8.38. The molecule has 0 aromatic heterocycles. The normalized spacial score (nSPS) is 11.9. The van der Waals surface area contributed by atoms with Crippen LogP contribution < -0.4 is 0 Å². The first-order valence-corrected chi connectivity index (χ1v) is 6.16. The van der Waals surface area contributed by atoms with E-state index in [0.29, 0.717) is 6.42 Å². The first-order chi connectivity index (χ1) is 6.90. The average molecular weight is 239 g/mol. The van der Waals surface area contributed by atoms with Gasteiger partial charge >= 0.3 is 5.97 Å². The molecule has 0 amide bonds. The Morgan fingerprint density at radius 1 is 1.47 bits per heavy atom. The van der Waals surface area contributed by atoms with E-state index in [1.807, 2.05) is 0 Å². The molecule has 0 unspecified atom stereocenters. The number of carboxylic acid groups (broad SMARTS) is 1. The zero-order valence-electron chi connectivity index (χ0n) is 8.97. The molecular weight excluding hydrogens is 222 g/mol. The van der Waals surface area contributed by atoms with Crippen molar-refractivity contribution in [3.05, 3.63) is 0 Å². The maximum absolute atomic E-state index is 11.5. The molecule has 0 bridgehead atoms. The van der Waals surface area contributed by atoms with Gasteiger partial charge in [-0.3, -0.25) is 4.79 Å². The van der Waals surface area contributed by atoms with Crippen molar-refractivity contribution in [2.45, 2.75) is 12.8 Å². The summed E-state index contributed by atoms with van der Waals surface area (Å²) >= 11 is 0. The molecule has 7 heteroatoms. The third-order valence-electron chi connectivity index (χ3n) is 1.88. The topological polar surface area (TPSA) is 83.9 Å². The van der Waals surface area contributed by atoms with Gasteiger partial charge in [0, 0.05) is 27.1 Å². The van der Waals surface area contributed by atoms with E-state index in [4.69, 9.17) is 5.11 Å². The second-order valence-corrected chi connectivity index (χ2v) is 5.32. The number of rotatable bonds is 8. The lowest BCUT2D eigenvalue weighted by molar-refractivity contribution is -0.137. The predicted molar refractivity (Wildman–Crippen MR) is 55.2 cm³/mol. The summed E-state index contributed by atoms with van der Waals surface area (Å²) in [4.78, 5) is 10.2. The number of hydrogen-bond acceptors (Lipinski definition) is 4. The van der Waals surface area contributed by atoms with E-state index in [9.17, 15) is 13.2 Å². The Morgan fingerprint density at radius 2 is 2.07 bits per heavy atom. The van der Waals surface area contributed by atoms with Crippen LogP contribution in [0.15, 0.2) is 0 Å². The van der Waals surface area contributed by atoms with E-state index in [-0.39, 0.29) is 25.3 Å². The molecule has 0 saturated heterocycles. The molecule has 0 aromatic rings. The van der Waals surface area contributed by atoms with Crippen LogP contribution in [0.3, 0.4) is 0 Å². The van der Waals surface area contributed by atoms with Crippen LogP contribution >= 0.6 is 0 Å². The zero-order valence-corrected chi connectivity index (χ0v) is 9.79. The Morgan fingerprint density at radius 3 is 2.53 bits per heavy atom. The molecule has 0 fully saturated rings. The van der Waals surface area contributed by atoms with Gasteiger partial charge in [-0.05, 0) is 6.42 Å². The molecule has 0 rings (SSSR count). The summed E-state index contributed by atoms with van der Waals surface area (Å²) in [7, 11) is -0.437. The number of hydrogen-bond donors (Lipinski definition) is 1. The molecule has 0 radical (unpaired) electrons. The molecule has 0 aliphatic rings. The number of sulfonamides is 1. The fourth-order valence-electron chi connectivity index (χ4n) is 0.937. The van der Waals surface area contributed by atoms with Crippen LogP contribution in [0, 0.1) is 0 Å². The lowest BCUT2D eigenvalue weighted by Crippen LogP contribution is -2.31. The number of methoxy groups -OCH3 is 1. The number of aliphatic carboxylic acids is 1. The Labute approximate surface area is 89.9 Å². The van der Waals surface area contributed by atoms with E-state index in [2.05, 4.69) is 4.74 Å². The second-order valence-electron chi connectivity index (χ2n) is 3.13. The van der Waals surface area contributed by atoms with E-state index < -0.39 is 16.0 Å². The lowest BCUT2D eigenvalue weighted by atomic mass is 10.3. The quantitative estimate of drug-likeness (QED) is 0.632. The van der Waals surface area contributed by atoms with Gasteiger partial charge in [0.2, 0.25) is 10.0 Å². The van der Waals surface area contributed by atoms with Crippen LogP contribution in [0.4, 0.5) is 0 Å². The molecule has 0 aliphatic carbocycles. The zero-order chi connectivity index (χ0) is 11.9. The van der Waals surface area contributed by atoms with Gasteiger partial charge in [0.1, 0.15) is 0 Å². The molecule has 0 spiro atoms. The Hall–Kier alpha value is -0.660. The number of carboxylic acids is 1. The molecule has 6 nitrogen and oxygen atoms in total. The minimum Gasteiger partial charge on any atom is -0.481 e. The SMILES string of the molecule is COCCS(=O)(=O)N(C)CCCC(=O)O. The first-order valence-electron chi connectivity index (χ1n) is 4.55. The van der Waals surface area contributed by atoms with Crippen molar-refractivity contribution in [1.29, 1.82) is 0 Å². The van der Waals surface area contributed by atoms with Crippen LogP contribution in [-0.4, -0.2) is 56.9 Å². The van der Waals surface area contributed by atoms with Gasteiger partial charge in [-0.25, -0.2) is 12.7 Å². The Balaban J connectivity index is 3.96. The highest BCUT2D eigenvalue weighted by atomic mass is 32.2. The average Bonchev–Trinajstić information content (AvgIpc) is 2.14. The third-order valence-corrected chi connectivity index (χ3v) is 3.70. The highest BCUT2D eigenvalue weighted by molar-refractivity contribution is 7.89. The summed E-state index contributed by atoms with van der Waals surface area (Å²) in [6, 6.07) is 0. The fraction of sp³-hybridized carbons (Fsp3) is 0.875. The standard InChI is InChI=1S/C8H17NO5S/c1-9(5-3-4-8(10)11)15(12,13)7-6-14-2/h3-7H2,1-2H3,(H,10,11). The fourth-order valence-corrected chi connectivity index (χ4v) is 2.03. The van der Waals surface area contributed by atoms with Crippen LogP contribution in [-0.2, 0) is 19.6 Å². The smallest absolute Gasteiger partial charge is 0.303 e. The number of carbonyl (C=O) groups is 1. The predicted octanol–water partition coefficient (Wildman–Crippen LogP) is -0.241. The van der Waals surface area contributed by atoms with E-state index in [0.717, 1.165) is 4.31 Å². The van der Waals surface area contributed by atoms with Gasteiger partial charge in [-0.1, -0.05) is 0 Å². The summed E-state index contributed by atoms with van der Waals surface area (Å²) in [5.41, 5.74) is 0. The van der Waals surface area contributed by atoms with Gasteiger partial charge in [0.05, 0.1) is 12.4 Å². The third kappa shape index (κ3) is 6.43.